The third kappa shape index (κ3) is 26.8. The minimum Gasteiger partial charge on any atom is -0.392 e. The molecule has 0 saturated heterocycles. The molecule has 0 unspecified atom stereocenters. The number of hydrogen-bond donors (Lipinski definition) is 2. The van der Waals surface area contributed by atoms with Crippen LogP contribution in [0.2, 0.25) is 0 Å². The third-order valence-electron chi connectivity index (χ3n) is 8.91. The molecule has 2 heteroatoms. The van der Waals surface area contributed by atoms with E-state index in [4.69, 9.17) is 0 Å². The van der Waals surface area contributed by atoms with Gasteiger partial charge in [0.05, 0.1) is 13.2 Å². The van der Waals surface area contributed by atoms with E-state index in [1.165, 1.54) is 44.6 Å². The molecule has 0 aromatic carbocycles. The van der Waals surface area contributed by atoms with Crippen molar-refractivity contribution in [1.82, 2.24) is 0 Å². The van der Waals surface area contributed by atoms with E-state index in [0.29, 0.717) is 11.8 Å². The van der Waals surface area contributed by atoms with Crippen molar-refractivity contribution < 1.29 is 10.2 Å². The summed E-state index contributed by atoms with van der Waals surface area (Å²) in [6.45, 7) is 29.6. The molecule has 0 rings (SSSR count). The van der Waals surface area contributed by atoms with Gasteiger partial charge in [0.25, 0.3) is 0 Å². The van der Waals surface area contributed by atoms with E-state index < -0.39 is 0 Å². The molecule has 2 N–H and O–H groups in total. The Labute approximate surface area is 320 Å². The predicted octanol–water partition coefficient (Wildman–Crippen LogP) is 14.0. The van der Waals surface area contributed by atoms with Crippen molar-refractivity contribution in [1.29, 1.82) is 0 Å². The lowest BCUT2D eigenvalue weighted by Crippen LogP contribution is -2.01. The predicted molar refractivity (Wildman–Crippen MR) is 234 cm³/mol. The Morgan fingerprint density at radius 2 is 0.712 bits per heavy atom. The molecular weight excluding hydrogens is 633 g/mol. The zero-order chi connectivity index (χ0) is 39.3. The number of aliphatic hydroxyl groups excluding tert-OH is 2. The molecule has 0 fully saturated rings. The highest BCUT2D eigenvalue weighted by Crippen LogP contribution is 2.24. The van der Waals surface area contributed by atoms with Gasteiger partial charge in [-0.1, -0.05) is 178 Å². The molecule has 0 aromatic heterocycles. The Kier molecular flexibility index (Phi) is 27.3. The van der Waals surface area contributed by atoms with Gasteiger partial charge in [-0.15, -0.1) is 0 Å². The first-order chi connectivity index (χ1) is 24.7. The van der Waals surface area contributed by atoms with Gasteiger partial charge < -0.3 is 10.2 Å². The van der Waals surface area contributed by atoms with Crippen molar-refractivity contribution in [2.45, 2.75) is 108 Å². The molecule has 0 aliphatic heterocycles. The van der Waals surface area contributed by atoms with Gasteiger partial charge in [0, 0.05) is 0 Å². The summed E-state index contributed by atoms with van der Waals surface area (Å²) >= 11 is 0. The third-order valence-corrected chi connectivity index (χ3v) is 8.91. The number of allylic oxidation sites excluding steroid dienone is 26. The summed E-state index contributed by atoms with van der Waals surface area (Å²) in [5, 5.41) is 18.5. The van der Waals surface area contributed by atoms with Crippen LogP contribution >= 0.6 is 0 Å². The SMILES string of the molecule is C=C(C)[C@@H](C/C=C(\C)CO)CC/C(C)=C/C=C/C(C)=C/C=C/C(C)=C/C=C/C=C(C)/C=C/C=C(C)/C=C/C=C(\C)CC[C@H](C/C=C(\C)CO)C(=C)C. The molecule has 0 radical (unpaired) electrons. The van der Waals surface area contributed by atoms with E-state index in [1.54, 1.807) is 0 Å². The van der Waals surface area contributed by atoms with Crippen molar-refractivity contribution >= 4 is 0 Å². The van der Waals surface area contributed by atoms with Crippen molar-refractivity contribution in [2.24, 2.45) is 11.8 Å². The fourth-order valence-corrected chi connectivity index (χ4v) is 4.99. The zero-order valence-electron chi connectivity index (χ0n) is 34.5. The van der Waals surface area contributed by atoms with Gasteiger partial charge in [0.2, 0.25) is 0 Å². The summed E-state index contributed by atoms with van der Waals surface area (Å²) in [4.78, 5) is 0. The van der Waals surface area contributed by atoms with Crippen LogP contribution in [0.3, 0.4) is 0 Å². The maximum atomic E-state index is 9.25. The Hall–Kier alpha value is -3.98. The quantitative estimate of drug-likeness (QED) is 0.0776. The van der Waals surface area contributed by atoms with E-state index in [9.17, 15) is 10.2 Å². The maximum absolute atomic E-state index is 9.25. The molecular formula is C50H72O2. The Balaban J connectivity index is 4.88. The van der Waals surface area contributed by atoms with Crippen molar-refractivity contribution in [3.63, 3.8) is 0 Å². The Morgan fingerprint density at radius 1 is 0.423 bits per heavy atom. The van der Waals surface area contributed by atoms with Crippen LogP contribution < -0.4 is 0 Å². The minimum atomic E-state index is 0.125. The Bertz CT molecular complexity index is 1400. The second kappa shape index (κ2) is 29.6. The number of aliphatic hydroxyl groups is 2. The Morgan fingerprint density at radius 3 is 1.00 bits per heavy atom. The van der Waals surface area contributed by atoms with Crippen molar-refractivity contribution in [2.75, 3.05) is 13.2 Å². The molecule has 0 amide bonds. The molecule has 2 atom stereocenters. The first-order valence-electron chi connectivity index (χ1n) is 18.9. The minimum absolute atomic E-state index is 0.125. The zero-order valence-corrected chi connectivity index (χ0v) is 34.5. The van der Waals surface area contributed by atoms with E-state index in [-0.39, 0.29) is 13.2 Å². The molecule has 0 heterocycles. The van der Waals surface area contributed by atoms with E-state index in [2.05, 4.69) is 178 Å². The van der Waals surface area contributed by atoms with Gasteiger partial charge in [-0.25, -0.2) is 0 Å². The summed E-state index contributed by atoms with van der Waals surface area (Å²) in [6, 6.07) is 0. The lowest BCUT2D eigenvalue weighted by Gasteiger charge is -2.15. The van der Waals surface area contributed by atoms with Gasteiger partial charge in [-0.05, 0) is 120 Å². The van der Waals surface area contributed by atoms with Gasteiger partial charge in [0.15, 0.2) is 0 Å². The first-order valence-corrected chi connectivity index (χ1v) is 18.9. The topological polar surface area (TPSA) is 40.5 Å². The normalized spacial score (nSPS) is 16.5. The molecule has 0 saturated carbocycles. The molecule has 52 heavy (non-hydrogen) atoms. The van der Waals surface area contributed by atoms with E-state index in [0.717, 1.165) is 49.7 Å². The van der Waals surface area contributed by atoms with Gasteiger partial charge >= 0.3 is 0 Å². The molecule has 0 aliphatic carbocycles. The highest BCUT2D eigenvalue weighted by molar-refractivity contribution is 5.32. The van der Waals surface area contributed by atoms with Crippen LogP contribution in [0.25, 0.3) is 0 Å². The largest absolute Gasteiger partial charge is 0.392 e. The smallest absolute Gasteiger partial charge is 0.0639 e. The van der Waals surface area contributed by atoms with Crippen LogP contribution in [-0.4, -0.2) is 23.4 Å². The van der Waals surface area contributed by atoms with Crippen molar-refractivity contribution in [3.8, 4) is 0 Å². The monoisotopic (exact) mass is 705 g/mol. The lowest BCUT2D eigenvalue weighted by molar-refractivity contribution is 0.330. The van der Waals surface area contributed by atoms with E-state index in [1.807, 2.05) is 13.8 Å². The van der Waals surface area contributed by atoms with Crippen LogP contribution in [-0.2, 0) is 0 Å². The average molecular weight is 705 g/mol. The van der Waals surface area contributed by atoms with Crippen LogP contribution in [0.4, 0.5) is 0 Å². The fourth-order valence-electron chi connectivity index (χ4n) is 4.99. The second-order valence-electron chi connectivity index (χ2n) is 14.5. The molecule has 0 aliphatic rings. The highest BCUT2D eigenvalue weighted by Gasteiger charge is 2.09. The van der Waals surface area contributed by atoms with Crippen LogP contribution in [0.15, 0.2) is 178 Å². The van der Waals surface area contributed by atoms with Crippen molar-refractivity contribution in [3.05, 3.63) is 178 Å². The summed E-state index contributed by atoms with van der Waals surface area (Å²) in [7, 11) is 0. The van der Waals surface area contributed by atoms with Crippen LogP contribution in [0.5, 0.6) is 0 Å². The molecule has 0 bridgehead atoms. The van der Waals surface area contributed by atoms with Crippen LogP contribution in [0.1, 0.15) is 108 Å². The summed E-state index contributed by atoms with van der Waals surface area (Å²) < 4.78 is 0. The highest BCUT2D eigenvalue weighted by atomic mass is 16.3. The molecule has 0 aromatic rings. The maximum Gasteiger partial charge on any atom is 0.0639 e. The first kappa shape index (κ1) is 48.0. The van der Waals surface area contributed by atoms with Gasteiger partial charge in [-0.2, -0.15) is 0 Å². The van der Waals surface area contributed by atoms with E-state index >= 15 is 0 Å². The fraction of sp³-hybridized carbons (Fsp3) is 0.400. The molecule has 284 valence electrons. The standard InChI is InChI=1S/C50H72O2/c1-39(2)49(35-31-47(11)37-51)33-29-45(9)27-17-25-43(7)23-15-21-41(5)19-13-14-20-42(6)22-16-24-44(8)26-18-28-46(10)30-34-50(40(3)4)36-32-48(12)38-52/h13-28,31-32,49-52H,1,3,29-30,33-38H2,2,4-12H3/b14-13+,21-15+,22-16+,25-17+,26-18+,41-19+,42-20+,43-23+,44-24+,45-27+,46-28+,47-31+,48-32+/t49-,50-/m1/s1. The molecule has 2 nitrogen and oxygen atoms in total. The van der Waals surface area contributed by atoms with Crippen LogP contribution in [0, 0.1) is 11.8 Å². The van der Waals surface area contributed by atoms with Gasteiger partial charge in [0.1, 0.15) is 0 Å². The summed E-state index contributed by atoms with van der Waals surface area (Å²) in [6.07, 6.45) is 44.4. The summed E-state index contributed by atoms with van der Waals surface area (Å²) in [5.74, 6) is 0.891. The summed E-state index contributed by atoms with van der Waals surface area (Å²) in [5.41, 5.74) is 12.0. The lowest BCUT2D eigenvalue weighted by atomic mass is 9.90. The van der Waals surface area contributed by atoms with Gasteiger partial charge in [-0.3, -0.25) is 0 Å². The number of rotatable bonds is 24. The molecule has 0 spiro atoms. The number of hydrogen-bond acceptors (Lipinski definition) is 2. The average Bonchev–Trinajstić information content (AvgIpc) is 3.09. The second-order valence-corrected chi connectivity index (χ2v) is 14.5.